The third kappa shape index (κ3) is 3.15. The number of hydrogen-bond donors (Lipinski definition) is 1. The molecule has 0 amide bonds. The summed E-state index contributed by atoms with van der Waals surface area (Å²) in [4.78, 5) is 1.55. The Labute approximate surface area is 134 Å². The molecule has 3 aromatic rings. The van der Waals surface area contributed by atoms with E-state index in [0.717, 1.165) is 28.0 Å². The average Bonchev–Trinajstić information content (AvgIpc) is 3.01. The molecule has 0 bridgehead atoms. The molecule has 0 saturated carbocycles. The Morgan fingerprint density at radius 2 is 1.83 bits per heavy atom. The maximum atomic E-state index is 9.73. The van der Waals surface area contributed by atoms with Gasteiger partial charge >= 0.3 is 0 Å². The molecule has 0 aliphatic rings. The van der Waals surface area contributed by atoms with Crippen LogP contribution in [0.4, 0.5) is 0 Å². The summed E-state index contributed by atoms with van der Waals surface area (Å²) < 4.78 is 5.14. The molecule has 23 heavy (non-hydrogen) atoms. The molecule has 0 aliphatic carbocycles. The van der Waals surface area contributed by atoms with Crippen LogP contribution < -0.4 is 4.74 Å². The number of rotatable bonds is 4. The molecular formula is C17H18N4O2. The minimum atomic E-state index is 0.303. The first kappa shape index (κ1) is 15.0. The van der Waals surface area contributed by atoms with Crippen LogP contribution in [0.5, 0.6) is 11.5 Å². The first-order valence-electron chi connectivity index (χ1n) is 7.28. The molecular weight excluding hydrogens is 292 g/mol. The van der Waals surface area contributed by atoms with Crippen LogP contribution in [0.15, 0.2) is 36.4 Å². The lowest BCUT2D eigenvalue weighted by Gasteiger charge is -2.07. The highest BCUT2D eigenvalue weighted by molar-refractivity contribution is 5.55. The molecule has 1 heterocycles. The van der Waals surface area contributed by atoms with Gasteiger partial charge in [-0.25, -0.2) is 0 Å². The molecule has 0 radical (unpaired) electrons. The number of ether oxygens (including phenoxy) is 1. The van der Waals surface area contributed by atoms with Crippen molar-refractivity contribution in [1.82, 2.24) is 20.2 Å². The van der Waals surface area contributed by atoms with E-state index in [1.807, 2.05) is 44.2 Å². The van der Waals surface area contributed by atoms with Crippen molar-refractivity contribution >= 4 is 0 Å². The number of tetrazole rings is 1. The van der Waals surface area contributed by atoms with Gasteiger partial charge < -0.3 is 9.84 Å². The zero-order chi connectivity index (χ0) is 16.4. The first-order chi connectivity index (χ1) is 11.1. The van der Waals surface area contributed by atoms with E-state index in [1.54, 1.807) is 18.0 Å². The summed E-state index contributed by atoms with van der Waals surface area (Å²) in [5.41, 5.74) is 3.77. The third-order valence-corrected chi connectivity index (χ3v) is 3.77. The second kappa shape index (κ2) is 6.08. The third-order valence-electron chi connectivity index (χ3n) is 3.77. The van der Waals surface area contributed by atoms with E-state index in [-0.39, 0.29) is 0 Å². The van der Waals surface area contributed by atoms with E-state index >= 15 is 0 Å². The Kier molecular flexibility index (Phi) is 3.97. The number of aromatic nitrogens is 4. The number of phenols is 1. The van der Waals surface area contributed by atoms with Crippen LogP contribution in [0.3, 0.4) is 0 Å². The number of benzene rings is 2. The number of methoxy groups -OCH3 is 1. The van der Waals surface area contributed by atoms with Crippen molar-refractivity contribution in [3.8, 4) is 22.9 Å². The maximum Gasteiger partial charge on any atom is 0.204 e. The number of phenolic OH excluding ortho intramolecular Hbond substituents is 1. The fourth-order valence-electron chi connectivity index (χ4n) is 2.35. The van der Waals surface area contributed by atoms with Gasteiger partial charge in [-0.3, -0.25) is 0 Å². The molecule has 0 aliphatic heterocycles. The highest BCUT2D eigenvalue weighted by Crippen LogP contribution is 2.22. The van der Waals surface area contributed by atoms with Crippen LogP contribution in [0, 0.1) is 13.8 Å². The summed E-state index contributed by atoms with van der Waals surface area (Å²) in [6, 6.07) is 11.2. The lowest BCUT2D eigenvalue weighted by atomic mass is 10.0. The summed E-state index contributed by atoms with van der Waals surface area (Å²) in [6.07, 6.45) is 0. The molecule has 0 spiro atoms. The second-order valence-corrected chi connectivity index (χ2v) is 5.44. The SMILES string of the molecule is COc1ccc(-c2nnn(Cc3cc(C)c(O)cc3C)n2)cc1. The molecule has 6 nitrogen and oxygen atoms in total. The molecule has 0 atom stereocenters. The highest BCUT2D eigenvalue weighted by atomic mass is 16.5. The minimum absolute atomic E-state index is 0.303. The smallest absolute Gasteiger partial charge is 0.204 e. The van der Waals surface area contributed by atoms with Crippen LogP contribution in [0.1, 0.15) is 16.7 Å². The van der Waals surface area contributed by atoms with Crippen molar-refractivity contribution in [1.29, 1.82) is 0 Å². The molecule has 1 aromatic heterocycles. The van der Waals surface area contributed by atoms with Gasteiger partial charge in [0.25, 0.3) is 0 Å². The zero-order valence-electron chi connectivity index (χ0n) is 13.3. The van der Waals surface area contributed by atoms with Gasteiger partial charge in [0.2, 0.25) is 5.82 Å². The van der Waals surface area contributed by atoms with E-state index in [4.69, 9.17) is 4.74 Å². The van der Waals surface area contributed by atoms with Gasteiger partial charge in [-0.2, -0.15) is 4.80 Å². The van der Waals surface area contributed by atoms with Crippen LogP contribution in [-0.2, 0) is 6.54 Å². The Hall–Kier alpha value is -2.89. The number of hydrogen-bond acceptors (Lipinski definition) is 5. The first-order valence-corrected chi connectivity index (χ1v) is 7.28. The normalized spacial score (nSPS) is 10.7. The van der Waals surface area contributed by atoms with Crippen LogP contribution in [-0.4, -0.2) is 32.4 Å². The summed E-state index contributed by atoms with van der Waals surface area (Å²) in [5.74, 6) is 1.66. The summed E-state index contributed by atoms with van der Waals surface area (Å²) in [6.45, 7) is 4.34. The van der Waals surface area contributed by atoms with E-state index in [0.29, 0.717) is 18.1 Å². The standard InChI is InChI=1S/C17H18N4O2/c1-11-9-16(22)12(2)8-14(11)10-21-19-17(18-20-21)13-4-6-15(23-3)7-5-13/h4-9,22H,10H2,1-3H3. The average molecular weight is 310 g/mol. The molecule has 118 valence electrons. The van der Waals surface area contributed by atoms with Crippen molar-refractivity contribution < 1.29 is 9.84 Å². The van der Waals surface area contributed by atoms with Gasteiger partial charge in [0.1, 0.15) is 11.5 Å². The highest BCUT2D eigenvalue weighted by Gasteiger charge is 2.09. The van der Waals surface area contributed by atoms with Crippen LogP contribution in [0.25, 0.3) is 11.4 Å². The number of aryl methyl sites for hydroxylation is 2. The lowest BCUT2D eigenvalue weighted by molar-refractivity contribution is 0.415. The van der Waals surface area contributed by atoms with Crippen molar-refractivity contribution in [3.05, 3.63) is 53.1 Å². The van der Waals surface area contributed by atoms with E-state index in [2.05, 4.69) is 15.4 Å². The molecule has 0 fully saturated rings. The van der Waals surface area contributed by atoms with Crippen molar-refractivity contribution in [2.24, 2.45) is 0 Å². The van der Waals surface area contributed by atoms with Gasteiger partial charge in [-0.1, -0.05) is 6.07 Å². The molecule has 3 rings (SSSR count). The zero-order valence-corrected chi connectivity index (χ0v) is 13.3. The Morgan fingerprint density at radius 1 is 1.09 bits per heavy atom. The number of aromatic hydroxyl groups is 1. The summed E-state index contributed by atoms with van der Waals surface area (Å²) in [5, 5.41) is 22.3. The van der Waals surface area contributed by atoms with Crippen LogP contribution in [0.2, 0.25) is 0 Å². The van der Waals surface area contributed by atoms with E-state index in [1.165, 1.54) is 0 Å². The van der Waals surface area contributed by atoms with Crippen molar-refractivity contribution in [3.63, 3.8) is 0 Å². The van der Waals surface area contributed by atoms with Gasteiger partial charge in [0, 0.05) is 5.56 Å². The number of nitrogens with zero attached hydrogens (tertiary/aromatic N) is 4. The maximum absolute atomic E-state index is 9.73. The molecule has 2 aromatic carbocycles. The van der Waals surface area contributed by atoms with Gasteiger partial charge in [-0.15, -0.1) is 10.2 Å². The lowest BCUT2D eigenvalue weighted by Crippen LogP contribution is -2.06. The quantitative estimate of drug-likeness (QED) is 0.802. The second-order valence-electron chi connectivity index (χ2n) is 5.44. The van der Waals surface area contributed by atoms with Crippen molar-refractivity contribution in [2.75, 3.05) is 7.11 Å². The molecule has 0 saturated heterocycles. The Morgan fingerprint density at radius 3 is 2.52 bits per heavy atom. The fraction of sp³-hybridized carbons (Fsp3) is 0.235. The molecule has 1 N–H and O–H groups in total. The largest absolute Gasteiger partial charge is 0.508 e. The minimum Gasteiger partial charge on any atom is -0.508 e. The van der Waals surface area contributed by atoms with Gasteiger partial charge in [-0.05, 0) is 66.1 Å². The summed E-state index contributed by atoms with van der Waals surface area (Å²) in [7, 11) is 1.63. The van der Waals surface area contributed by atoms with E-state index < -0.39 is 0 Å². The Bertz CT molecular complexity index is 825. The predicted octanol–water partition coefficient (Wildman–Crippen LogP) is 2.72. The fourth-order valence-corrected chi connectivity index (χ4v) is 2.35. The monoisotopic (exact) mass is 310 g/mol. The van der Waals surface area contributed by atoms with Crippen molar-refractivity contribution in [2.45, 2.75) is 20.4 Å². The predicted molar refractivity (Wildman–Crippen MR) is 86.5 cm³/mol. The van der Waals surface area contributed by atoms with Crippen LogP contribution >= 0.6 is 0 Å². The van der Waals surface area contributed by atoms with Gasteiger partial charge in [0.15, 0.2) is 0 Å². The van der Waals surface area contributed by atoms with Gasteiger partial charge in [0.05, 0.1) is 13.7 Å². The Balaban J connectivity index is 1.83. The topological polar surface area (TPSA) is 73.1 Å². The summed E-state index contributed by atoms with van der Waals surface area (Å²) >= 11 is 0. The van der Waals surface area contributed by atoms with E-state index in [9.17, 15) is 5.11 Å². The molecule has 0 unspecified atom stereocenters. The molecule has 6 heteroatoms.